The summed E-state index contributed by atoms with van der Waals surface area (Å²) in [5, 5.41) is 5.15. The van der Waals surface area contributed by atoms with E-state index in [1.54, 1.807) is 0 Å². The largest absolute Gasteiger partial charge is 0.337 e. The summed E-state index contributed by atoms with van der Waals surface area (Å²) >= 11 is 0. The van der Waals surface area contributed by atoms with Gasteiger partial charge >= 0.3 is 6.03 Å². The van der Waals surface area contributed by atoms with Crippen molar-refractivity contribution in [1.82, 2.24) is 5.32 Å². The van der Waals surface area contributed by atoms with Crippen LogP contribution in [0.4, 0.5) is 19.3 Å². The molecule has 2 rings (SSSR count). The van der Waals surface area contributed by atoms with Crippen molar-refractivity contribution in [1.29, 1.82) is 0 Å². The Balaban J connectivity index is 1.91. The first-order valence-electron chi connectivity index (χ1n) is 7.14. The van der Waals surface area contributed by atoms with E-state index < -0.39 is 17.7 Å². The predicted molar refractivity (Wildman–Crippen MR) is 82.9 cm³/mol. The van der Waals surface area contributed by atoms with Gasteiger partial charge in [-0.2, -0.15) is 0 Å². The van der Waals surface area contributed by atoms with E-state index in [1.807, 2.05) is 37.3 Å². The van der Waals surface area contributed by atoms with Gasteiger partial charge in [0.1, 0.15) is 11.6 Å². The van der Waals surface area contributed by atoms with Crippen LogP contribution in [0.1, 0.15) is 24.8 Å². The lowest BCUT2D eigenvalue weighted by Crippen LogP contribution is -2.32. The molecule has 2 amide bonds. The minimum absolute atomic E-state index is 0.0859. The van der Waals surface area contributed by atoms with E-state index in [4.69, 9.17) is 0 Å². The van der Waals surface area contributed by atoms with E-state index in [0.29, 0.717) is 6.54 Å². The van der Waals surface area contributed by atoms with Gasteiger partial charge < -0.3 is 10.6 Å². The Kier molecular flexibility index (Phi) is 5.47. The maximum absolute atomic E-state index is 13.1. The van der Waals surface area contributed by atoms with Gasteiger partial charge in [0.25, 0.3) is 0 Å². The molecule has 0 saturated heterocycles. The fourth-order valence-corrected chi connectivity index (χ4v) is 2.24. The van der Waals surface area contributed by atoms with Gasteiger partial charge in [-0.15, -0.1) is 0 Å². The maximum atomic E-state index is 13.1. The molecule has 0 radical (unpaired) electrons. The molecule has 1 unspecified atom stereocenters. The summed E-state index contributed by atoms with van der Waals surface area (Å²) in [6.07, 6.45) is 0.874. The number of rotatable bonds is 5. The monoisotopic (exact) mass is 304 g/mol. The topological polar surface area (TPSA) is 41.1 Å². The maximum Gasteiger partial charge on any atom is 0.319 e. The average Bonchev–Trinajstić information content (AvgIpc) is 2.48. The van der Waals surface area contributed by atoms with Crippen LogP contribution < -0.4 is 10.6 Å². The van der Waals surface area contributed by atoms with Gasteiger partial charge in [0, 0.05) is 24.2 Å². The van der Waals surface area contributed by atoms with E-state index >= 15 is 0 Å². The van der Waals surface area contributed by atoms with Crippen molar-refractivity contribution in [3.05, 3.63) is 65.7 Å². The van der Waals surface area contributed by atoms with E-state index in [-0.39, 0.29) is 11.6 Å². The summed E-state index contributed by atoms with van der Waals surface area (Å²) < 4.78 is 26.1. The van der Waals surface area contributed by atoms with Crippen LogP contribution in [-0.4, -0.2) is 12.6 Å². The highest BCUT2D eigenvalue weighted by Gasteiger charge is 2.11. The fraction of sp³-hybridized carbons (Fsp3) is 0.235. The summed E-state index contributed by atoms with van der Waals surface area (Å²) in [4.78, 5) is 11.8. The quantitative estimate of drug-likeness (QED) is 0.850. The third-order valence-corrected chi connectivity index (χ3v) is 3.39. The summed E-state index contributed by atoms with van der Waals surface area (Å²) in [5.41, 5.74) is 1.23. The van der Waals surface area contributed by atoms with Gasteiger partial charge in [0.05, 0.1) is 0 Å². The molecule has 22 heavy (non-hydrogen) atoms. The molecule has 2 N–H and O–H groups in total. The number of urea groups is 1. The Bertz CT molecular complexity index is 612. The lowest BCUT2D eigenvalue weighted by atomic mass is 9.97. The molecular formula is C17H18F2N2O. The molecule has 0 aliphatic rings. The number of hydrogen-bond donors (Lipinski definition) is 2. The number of hydrogen-bond acceptors (Lipinski definition) is 1. The molecule has 0 saturated carbocycles. The standard InChI is InChI=1S/C17H18F2N2O/c1-2-12(13-6-4-3-5-7-13)11-20-17(22)21-16-9-14(18)8-15(19)10-16/h3-10,12H,2,11H2,1H3,(H2,20,21,22). The fourth-order valence-electron chi connectivity index (χ4n) is 2.24. The summed E-state index contributed by atoms with van der Waals surface area (Å²) in [5.74, 6) is -1.27. The first-order valence-corrected chi connectivity index (χ1v) is 7.14. The number of anilines is 1. The highest BCUT2D eigenvalue weighted by molar-refractivity contribution is 5.89. The molecule has 0 bridgehead atoms. The highest BCUT2D eigenvalue weighted by atomic mass is 19.1. The van der Waals surface area contributed by atoms with Crippen LogP contribution in [0.25, 0.3) is 0 Å². The van der Waals surface area contributed by atoms with Crippen molar-refractivity contribution in [2.45, 2.75) is 19.3 Å². The third-order valence-electron chi connectivity index (χ3n) is 3.39. The van der Waals surface area contributed by atoms with E-state index in [9.17, 15) is 13.6 Å². The van der Waals surface area contributed by atoms with Crippen molar-refractivity contribution >= 4 is 11.7 Å². The summed E-state index contributed by atoms with van der Waals surface area (Å²) in [7, 11) is 0. The molecule has 116 valence electrons. The number of halogens is 2. The molecule has 0 heterocycles. The highest BCUT2D eigenvalue weighted by Crippen LogP contribution is 2.18. The molecule has 3 nitrogen and oxygen atoms in total. The number of nitrogens with one attached hydrogen (secondary N) is 2. The lowest BCUT2D eigenvalue weighted by molar-refractivity contribution is 0.251. The zero-order valence-electron chi connectivity index (χ0n) is 12.3. The molecule has 2 aromatic carbocycles. The molecule has 2 aromatic rings. The lowest BCUT2D eigenvalue weighted by Gasteiger charge is -2.16. The number of carbonyl (C=O) groups excluding carboxylic acids is 1. The summed E-state index contributed by atoms with van der Waals surface area (Å²) in [6, 6.07) is 12.3. The Morgan fingerprint density at radius 2 is 1.73 bits per heavy atom. The molecule has 1 atom stereocenters. The number of carbonyl (C=O) groups is 1. The minimum Gasteiger partial charge on any atom is -0.337 e. The molecule has 0 fully saturated rings. The second-order valence-electron chi connectivity index (χ2n) is 5.01. The normalized spacial score (nSPS) is 11.8. The van der Waals surface area contributed by atoms with E-state index in [0.717, 1.165) is 30.2 Å². The van der Waals surface area contributed by atoms with Gasteiger partial charge in [-0.3, -0.25) is 0 Å². The zero-order chi connectivity index (χ0) is 15.9. The van der Waals surface area contributed by atoms with Crippen molar-refractivity contribution in [2.24, 2.45) is 0 Å². The SMILES string of the molecule is CCC(CNC(=O)Nc1cc(F)cc(F)c1)c1ccccc1. The van der Waals surface area contributed by atoms with Gasteiger partial charge in [0.15, 0.2) is 0 Å². The van der Waals surface area contributed by atoms with Crippen LogP contribution in [-0.2, 0) is 0 Å². The van der Waals surface area contributed by atoms with Crippen LogP contribution in [0.2, 0.25) is 0 Å². The Hall–Kier alpha value is -2.43. The molecular weight excluding hydrogens is 286 g/mol. The summed E-state index contributed by atoms with van der Waals surface area (Å²) in [6.45, 7) is 2.49. The molecule has 0 aliphatic carbocycles. The van der Waals surface area contributed by atoms with Gasteiger partial charge in [-0.25, -0.2) is 13.6 Å². The number of benzene rings is 2. The van der Waals surface area contributed by atoms with Crippen LogP contribution in [0.15, 0.2) is 48.5 Å². The smallest absolute Gasteiger partial charge is 0.319 e. The van der Waals surface area contributed by atoms with Crippen LogP contribution in [0.3, 0.4) is 0 Å². The Morgan fingerprint density at radius 1 is 1.09 bits per heavy atom. The second kappa shape index (κ2) is 7.54. The van der Waals surface area contributed by atoms with Crippen molar-refractivity contribution in [3.63, 3.8) is 0 Å². The molecule has 0 spiro atoms. The first kappa shape index (κ1) is 15.9. The van der Waals surface area contributed by atoms with E-state index in [1.165, 1.54) is 0 Å². The van der Waals surface area contributed by atoms with Gasteiger partial charge in [-0.1, -0.05) is 37.3 Å². The van der Waals surface area contributed by atoms with Crippen molar-refractivity contribution < 1.29 is 13.6 Å². The predicted octanol–water partition coefficient (Wildman–Crippen LogP) is 4.28. The number of amides is 2. The molecule has 5 heteroatoms. The second-order valence-corrected chi connectivity index (χ2v) is 5.01. The Morgan fingerprint density at radius 3 is 2.32 bits per heavy atom. The van der Waals surface area contributed by atoms with Crippen molar-refractivity contribution in [2.75, 3.05) is 11.9 Å². The van der Waals surface area contributed by atoms with E-state index in [2.05, 4.69) is 10.6 Å². The van der Waals surface area contributed by atoms with Gasteiger partial charge in [-0.05, 0) is 24.1 Å². The van der Waals surface area contributed by atoms with Crippen LogP contribution in [0.5, 0.6) is 0 Å². The minimum atomic E-state index is -0.731. The van der Waals surface area contributed by atoms with Crippen LogP contribution in [0, 0.1) is 11.6 Å². The average molecular weight is 304 g/mol. The molecule has 0 aliphatic heterocycles. The Labute approximate surface area is 128 Å². The van der Waals surface area contributed by atoms with Crippen molar-refractivity contribution in [3.8, 4) is 0 Å². The first-order chi connectivity index (χ1) is 10.6. The zero-order valence-corrected chi connectivity index (χ0v) is 12.3. The molecule has 0 aromatic heterocycles. The van der Waals surface area contributed by atoms with Crippen LogP contribution >= 0.6 is 0 Å². The van der Waals surface area contributed by atoms with Gasteiger partial charge in [0.2, 0.25) is 0 Å². The third kappa shape index (κ3) is 4.55.